The van der Waals surface area contributed by atoms with Crippen molar-refractivity contribution in [1.82, 2.24) is 4.57 Å². The maximum atomic E-state index is 12.6. The molecule has 0 bridgehead atoms. The van der Waals surface area contributed by atoms with E-state index in [9.17, 15) is 4.79 Å². The summed E-state index contributed by atoms with van der Waals surface area (Å²) in [4.78, 5) is 12.6. The third-order valence-electron chi connectivity index (χ3n) is 3.76. The van der Waals surface area contributed by atoms with Crippen molar-refractivity contribution in [2.75, 3.05) is 0 Å². The number of hydrogen-bond donors (Lipinski definition) is 1. The molecule has 0 aliphatic heterocycles. The van der Waals surface area contributed by atoms with Crippen molar-refractivity contribution in [3.63, 3.8) is 0 Å². The van der Waals surface area contributed by atoms with Crippen LogP contribution in [0, 0.1) is 6.92 Å². The lowest BCUT2D eigenvalue weighted by atomic mass is 10.0. The highest BCUT2D eigenvalue weighted by atomic mass is 16.1. The van der Waals surface area contributed by atoms with Crippen LogP contribution in [0.15, 0.2) is 47.3 Å². The summed E-state index contributed by atoms with van der Waals surface area (Å²) in [5.74, 6) is 0. The molecule has 2 N–H and O–H groups in total. The molecule has 1 unspecified atom stereocenters. The predicted molar refractivity (Wildman–Crippen MR) is 76.2 cm³/mol. The van der Waals surface area contributed by atoms with Crippen molar-refractivity contribution in [3.05, 3.63) is 69.6 Å². The Balaban J connectivity index is 2.06. The van der Waals surface area contributed by atoms with Gasteiger partial charge in [-0.15, -0.1) is 0 Å². The molecule has 3 heteroatoms. The van der Waals surface area contributed by atoms with Gasteiger partial charge in [0.2, 0.25) is 0 Å². The molecule has 1 aromatic carbocycles. The molecule has 3 nitrogen and oxygen atoms in total. The number of benzene rings is 1. The number of pyridine rings is 1. The molecule has 1 atom stereocenters. The summed E-state index contributed by atoms with van der Waals surface area (Å²) in [6.07, 6.45) is 2.20. The Labute approximate surface area is 112 Å². The van der Waals surface area contributed by atoms with Crippen LogP contribution >= 0.6 is 0 Å². The Hall–Kier alpha value is -1.87. The summed E-state index contributed by atoms with van der Waals surface area (Å²) in [5, 5.41) is 0. The average Bonchev–Trinajstić information content (AvgIpc) is 3.24. The molecule has 1 aliphatic carbocycles. The van der Waals surface area contributed by atoms with E-state index in [1.807, 2.05) is 54.0 Å². The SMILES string of the molecule is Cc1ccc(C(N)c2ccccc2)c(=O)n1C1CC1. The van der Waals surface area contributed by atoms with Gasteiger partial charge < -0.3 is 10.3 Å². The molecule has 2 aromatic rings. The largest absolute Gasteiger partial charge is 0.320 e. The Morgan fingerprint density at radius 1 is 1.16 bits per heavy atom. The second-order valence-corrected chi connectivity index (χ2v) is 5.22. The summed E-state index contributed by atoms with van der Waals surface area (Å²) >= 11 is 0. The number of nitrogens with two attached hydrogens (primary N) is 1. The third kappa shape index (κ3) is 2.22. The Morgan fingerprint density at radius 2 is 1.84 bits per heavy atom. The van der Waals surface area contributed by atoms with E-state index in [-0.39, 0.29) is 11.6 Å². The van der Waals surface area contributed by atoms with Gasteiger partial charge in [0.25, 0.3) is 5.56 Å². The van der Waals surface area contributed by atoms with Gasteiger partial charge in [0, 0.05) is 17.3 Å². The maximum absolute atomic E-state index is 12.6. The first kappa shape index (κ1) is 12.2. The van der Waals surface area contributed by atoms with Crippen LogP contribution in [0.4, 0.5) is 0 Å². The second kappa shape index (κ2) is 4.67. The highest BCUT2D eigenvalue weighted by Crippen LogP contribution is 2.34. The van der Waals surface area contributed by atoms with Crippen LogP contribution < -0.4 is 11.3 Å². The van der Waals surface area contributed by atoms with Crippen LogP contribution in [-0.4, -0.2) is 4.57 Å². The number of rotatable bonds is 3. The van der Waals surface area contributed by atoms with Crippen LogP contribution in [0.3, 0.4) is 0 Å². The van der Waals surface area contributed by atoms with E-state index in [1.54, 1.807) is 0 Å². The highest BCUT2D eigenvalue weighted by molar-refractivity contribution is 5.31. The van der Waals surface area contributed by atoms with Crippen LogP contribution in [0.25, 0.3) is 0 Å². The zero-order valence-electron chi connectivity index (χ0n) is 11.0. The topological polar surface area (TPSA) is 48.0 Å². The number of nitrogens with zero attached hydrogens (tertiary/aromatic N) is 1. The van der Waals surface area contributed by atoms with Gasteiger partial charge in [0.1, 0.15) is 0 Å². The molecule has 1 fully saturated rings. The molecule has 0 amide bonds. The molecule has 1 heterocycles. The highest BCUT2D eigenvalue weighted by Gasteiger charge is 2.27. The van der Waals surface area contributed by atoms with E-state index in [1.165, 1.54) is 0 Å². The zero-order valence-corrected chi connectivity index (χ0v) is 11.0. The minimum Gasteiger partial charge on any atom is -0.320 e. The lowest BCUT2D eigenvalue weighted by Gasteiger charge is -2.16. The van der Waals surface area contributed by atoms with Crippen LogP contribution in [0.2, 0.25) is 0 Å². The van der Waals surface area contributed by atoms with Gasteiger partial charge in [-0.25, -0.2) is 0 Å². The summed E-state index contributed by atoms with van der Waals surface area (Å²) in [5.41, 5.74) is 9.00. The van der Waals surface area contributed by atoms with E-state index in [2.05, 4.69) is 0 Å². The van der Waals surface area contributed by atoms with Gasteiger partial charge >= 0.3 is 0 Å². The first-order valence-electron chi connectivity index (χ1n) is 6.71. The van der Waals surface area contributed by atoms with Crippen molar-refractivity contribution in [2.45, 2.75) is 31.8 Å². The summed E-state index contributed by atoms with van der Waals surface area (Å²) < 4.78 is 1.90. The average molecular weight is 254 g/mol. The van der Waals surface area contributed by atoms with Crippen LogP contribution in [-0.2, 0) is 0 Å². The fourth-order valence-electron chi connectivity index (χ4n) is 2.52. The lowest BCUT2D eigenvalue weighted by Crippen LogP contribution is -2.29. The van der Waals surface area contributed by atoms with Crippen molar-refractivity contribution in [3.8, 4) is 0 Å². The Kier molecular flexibility index (Phi) is 2.99. The molecule has 0 radical (unpaired) electrons. The third-order valence-corrected chi connectivity index (χ3v) is 3.76. The normalized spacial score (nSPS) is 16.3. The molecule has 0 saturated heterocycles. The zero-order chi connectivity index (χ0) is 13.4. The number of aromatic nitrogens is 1. The summed E-state index contributed by atoms with van der Waals surface area (Å²) in [6.45, 7) is 1.98. The molecular weight excluding hydrogens is 236 g/mol. The summed E-state index contributed by atoms with van der Waals surface area (Å²) in [6, 6.07) is 13.7. The fraction of sp³-hybridized carbons (Fsp3) is 0.312. The number of hydrogen-bond acceptors (Lipinski definition) is 2. The van der Waals surface area contributed by atoms with Crippen molar-refractivity contribution >= 4 is 0 Å². The first-order chi connectivity index (χ1) is 9.18. The maximum Gasteiger partial charge on any atom is 0.256 e. The fourth-order valence-corrected chi connectivity index (χ4v) is 2.52. The van der Waals surface area contributed by atoms with Crippen LogP contribution in [0.1, 0.15) is 41.7 Å². The van der Waals surface area contributed by atoms with E-state index < -0.39 is 0 Å². The van der Waals surface area contributed by atoms with Crippen LogP contribution in [0.5, 0.6) is 0 Å². The quantitative estimate of drug-likeness (QED) is 0.915. The van der Waals surface area contributed by atoms with Gasteiger partial charge in [-0.1, -0.05) is 30.3 Å². The predicted octanol–water partition coefficient (Wildman–Crippen LogP) is 2.54. The molecule has 1 aromatic heterocycles. The smallest absolute Gasteiger partial charge is 0.256 e. The lowest BCUT2D eigenvalue weighted by molar-refractivity contribution is 0.662. The molecular formula is C16H18N2O. The van der Waals surface area contributed by atoms with Crippen molar-refractivity contribution in [1.29, 1.82) is 0 Å². The van der Waals surface area contributed by atoms with Gasteiger partial charge in [0.05, 0.1) is 6.04 Å². The number of aryl methyl sites for hydroxylation is 1. The molecule has 1 aliphatic rings. The van der Waals surface area contributed by atoms with Crippen molar-refractivity contribution in [2.24, 2.45) is 5.73 Å². The standard InChI is InChI=1S/C16H18N2O/c1-11-7-10-14(16(19)18(11)13-8-9-13)15(17)12-5-3-2-4-6-12/h2-7,10,13,15H,8-9,17H2,1H3. The first-order valence-corrected chi connectivity index (χ1v) is 6.71. The molecule has 1 saturated carbocycles. The van der Waals surface area contributed by atoms with Crippen molar-refractivity contribution < 1.29 is 0 Å². The van der Waals surface area contributed by atoms with E-state index in [0.717, 1.165) is 24.1 Å². The van der Waals surface area contributed by atoms with E-state index >= 15 is 0 Å². The van der Waals surface area contributed by atoms with Gasteiger partial charge in [-0.05, 0) is 37.5 Å². The minimum atomic E-state index is -0.348. The summed E-state index contributed by atoms with van der Waals surface area (Å²) in [7, 11) is 0. The van der Waals surface area contributed by atoms with Gasteiger partial charge in [0.15, 0.2) is 0 Å². The molecule has 98 valence electrons. The molecule has 0 spiro atoms. The van der Waals surface area contributed by atoms with Gasteiger partial charge in [-0.2, -0.15) is 0 Å². The Morgan fingerprint density at radius 3 is 2.47 bits per heavy atom. The molecule has 3 rings (SSSR count). The Bertz CT molecular complexity index is 642. The van der Waals surface area contributed by atoms with E-state index in [4.69, 9.17) is 5.73 Å². The minimum absolute atomic E-state index is 0.0684. The molecule has 19 heavy (non-hydrogen) atoms. The second-order valence-electron chi connectivity index (χ2n) is 5.22. The van der Waals surface area contributed by atoms with E-state index in [0.29, 0.717) is 11.6 Å². The monoisotopic (exact) mass is 254 g/mol. The van der Waals surface area contributed by atoms with Gasteiger partial charge in [-0.3, -0.25) is 4.79 Å².